The summed E-state index contributed by atoms with van der Waals surface area (Å²) in [7, 11) is 4.35. The molecule has 1 saturated carbocycles. The van der Waals surface area contributed by atoms with Crippen LogP contribution in [0.15, 0.2) is 0 Å². The van der Waals surface area contributed by atoms with Crippen LogP contribution in [0, 0.1) is 0 Å². The van der Waals surface area contributed by atoms with Gasteiger partial charge in [-0.3, -0.25) is 4.90 Å². The zero-order chi connectivity index (χ0) is 11.3. The highest BCUT2D eigenvalue weighted by Gasteiger charge is 2.30. The van der Waals surface area contributed by atoms with E-state index in [2.05, 4.69) is 30.8 Å². The molecule has 15 heavy (non-hydrogen) atoms. The van der Waals surface area contributed by atoms with Crippen LogP contribution in [0.1, 0.15) is 32.6 Å². The van der Waals surface area contributed by atoms with Gasteiger partial charge >= 0.3 is 0 Å². The number of aliphatic hydroxyl groups is 1. The summed E-state index contributed by atoms with van der Waals surface area (Å²) in [5.74, 6) is 0. The Kier molecular flexibility index (Phi) is 5.58. The van der Waals surface area contributed by atoms with Crippen LogP contribution in [0.4, 0.5) is 0 Å². The van der Waals surface area contributed by atoms with Gasteiger partial charge in [0.2, 0.25) is 0 Å². The number of hydrogen-bond donors (Lipinski definition) is 1. The van der Waals surface area contributed by atoms with Crippen LogP contribution in [-0.4, -0.2) is 60.8 Å². The van der Waals surface area contributed by atoms with Crippen molar-refractivity contribution >= 4 is 0 Å². The van der Waals surface area contributed by atoms with E-state index in [9.17, 15) is 0 Å². The van der Waals surface area contributed by atoms with Crippen LogP contribution >= 0.6 is 0 Å². The molecule has 0 radical (unpaired) electrons. The van der Waals surface area contributed by atoms with Crippen molar-refractivity contribution in [3.63, 3.8) is 0 Å². The molecular formula is C12H26N2O. The average molecular weight is 214 g/mol. The van der Waals surface area contributed by atoms with Gasteiger partial charge in [0.1, 0.15) is 0 Å². The Hall–Kier alpha value is -0.120. The summed E-state index contributed by atoms with van der Waals surface area (Å²) in [6.45, 7) is 4.35. The van der Waals surface area contributed by atoms with Crippen molar-refractivity contribution in [2.75, 3.05) is 33.8 Å². The fourth-order valence-corrected chi connectivity index (χ4v) is 2.81. The van der Waals surface area contributed by atoms with Crippen molar-refractivity contribution in [2.24, 2.45) is 0 Å². The molecule has 2 atom stereocenters. The molecular weight excluding hydrogens is 188 g/mol. The smallest absolute Gasteiger partial charge is 0.0558 e. The normalized spacial score (nSPS) is 27.6. The molecule has 0 unspecified atom stereocenters. The molecule has 3 nitrogen and oxygen atoms in total. The molecule has 0 saturated heterocycles. The van der Waals surface area contributed by atoms with E-state index in [-0.39, 0.29) is 6.61 Å². The van der Waals surface area contributed by atoms with Crippen LogP contribution in [0.25, 0.3) is 0 Å². The third-order valence-electron chi connectivity index (χ3n) is 3.62. The summed E-state index contributed by atoms with van der Waals surface area (Å²) >= 11 is 0. The first kappa shape index (κ1) is 12.9. The van der Waals surface area contributed by atoms with Crippen molar-refractivity contribution in [2.45, 2.75) is 44.7 Å². The molecule has 0 bridgehead atoms. The number of rotatable bonds is 5. The molecule has 0 amide bonds. The topological polar surface area (TPSA) is 26.7 Å². The molecule has 0 aromatic heterocycles. The van der Waals surface area contributed by atoms with Gasteiger partial charge in [-0.05, 0) is 33.5 Å². The van der Waals surface area contributed by atoms with E-state index < -0.39 is 0 Å². The Balaban J connectivity index is 2.60. The minimum Gasteiger partial charge on any atom is -0.395 e. The summed E-state index contributed by atoms with van der Waals surface area (Å²) in [6, 6.07) is 1.32. The van der Waals surface area contributed by atoms with Crippen LogP contribution in [0.3, 0.4) is 0 Å². The van der Waals surface area contributed by atoms with E-state index in [1.807, 2.05) is 0 Å². The van der Waals surface area contributed by atoms with E-state index in [1.165, 1.54) is 25.7 Å². The van der Waals surface area contributed by atoms with Gasteiger partial charge in [-0.15, -0.1) is 0 Å². The number of likely N-dealkylation sites (N-methyl/N-ethyl adjacent to an activating group) is 2. The molecule has 3 heteroatoms. The number of hydrogen-bond acceptors (Lipinski definition) is 3. The lowest BCUT2D eigenvalue weighted by Gasteiger charge is -2.42. The lowest BCUT2D eigenvalue weighted by molar-refractivity contribution is 0.0643. The van der Waals surface area contributed by atoms with E-state index in [1.54, 1.807) is 0 Å². The van der Waals surface area contributed by atoms with Crippen molar-refractivity contribution in [1.82, 2.24) is 9.80 Å². The first-order valence-electron chi connectivity index (χ1n) is 6.22. The fourth-order valence-electron chi connectivity index (χ4n) is 2.81. The number of nitrogens with zero attached hydrogens (tertiary/aromatic N) is 2. The van der Waals surface area contributed by atoms with E-state index in [4.69, 9.17) is 5.11 Å². The van der Waals surface area contributed by atoms with Crippen molar-refractivity contribution in [3.05, 3.63) is 0 Å². The molecule has 1 aliphatic carbocycles. The average Bonchev–Trinajstić information content (AvgIpc) is 2.26. The second-order valence-electron chi connectivity index (χ2n) is 4.73. The van der Waals surface area contributed by atoms with Crippen LogP contribution in [0.2, 0.25) is 0 Å². The van der Waals surface area contributed by atoms with Crippen LogP contribution in [-0.2, 0) is 0 Å². The summed E-state index contributed by atoms with van der Waals surface area (Å²) in [6.07, 6.45) is 5.29. The standard InChI is InChI=1S/C12H26N2O/c1-4-14(9-10-15)12-8-6-5-7-11(12)13(2)3/h11-12,15H,4-10H2,1-3H3/t11-,12-/m1/s1. The Morgan fingerprint density at radius 3 is 2.20 bits per heavy atom. The van der Waals surface area contributed by atoms with Gasteiger partial charge in [0.25, 0.3) is 0 Å². The van der Waals surface area contributed by atoms with Crippen molar-refractivity contribution < 1.29 is 5.11 Å². The highest BCUT2D eigenvalue weighted by molar-refractivity contribution is 4.87. The SMILES string of the molecule is CCN(CCO)[C@@H]1CCCC[C@H]1N(C)C. The molecule has 1 aliphatic rings. The zero-order valence-electron chi connectivity index (χ0n) is 10.4. The largest absolute Gasteiger partial charge is 0.395 e. The van der Waals surface area contributed by atoms with Gasteiger partial charge < -0.3 is 10.0 Å². The van der Waals surface area contributed by atoms with Crippen LogP contribution in [0.5, 0.6) is 0 Å². The van der Waals surface area contributed by atoms with Gasteiger partial charge in [0.15, 0.2) is 0 Å². The van der Waals surface area contributed by atoms with Gasteiger partial charge in [0, 0.05) is 18.6 Å². The van der Waals surface area contributed by atoms with Crippen molar-refractivity contribution in [3.8, 4) is 0 Å². The Morgan fingerprint density at radius 2 is 1.73 bits per heavy atom. The predicted molar refractivity (Wildman–Crippen MR) is 64.1 cm³/mol. The second-order valence-corrected chi connectivity index (χ2v) is 4.73. The third kappa shape index (κ3) is 3.44. The van der Waals surface area contributed by atoms with Gasteiger partial charge in [-0.2, -0.15) is 0 Å². The molecule has 0 heterocycles. The lowest BCUT2D eigenvalue weighted by atomic mass is 9.88. The maximum atomic E-state index is 9.07. The first-order chi connectivity index (χ1) is 7.20. The highest BCUT2D eigenvalue weighted by atomic mass is 16.3. The monoisotopic (exact) mass is 214 g/mol. The first-order valence-corrected chi connectivity index (χ1v) is 6.22. The van der Waals surface area contributed by atoms with E-state index in [0.29, 0.717) is 12.1 Å². The molecule has 0 aliphatic heterocycles. The maximum Gasteiger partial charge on any atom is 0.0558 e. The number of aliphatic hydroxyl groups excluding tert-OH is 1. The minimum absolute atomic E-state index is 0.282. The molecule has 0 aromatic rings. The zero-order valence-corrected chi connectivity index (χ0v) is 10.4. The fraction of sp³-hybridized carbons (Fsp3) is 1.00. The molecule has 0 aromatic carbocycles. The van der Waals surface area contributed by atoms with Gasteiger partial charge in [-0.1, -0.05) is 19.8 Å². The second kappa shape index (κ2) is 6.46. The molecule has 90 valence electrons. The quantitative estimate of drug-likeness (QED) is 0.744. The summed E-state index contributed by atoms with van der Waals surface area (Å²) in [4.78, 5) is 4.79. The van der Waals surface area contributed by atoms with E-state index >= 15 is 0 Å². The predicted octanol–water partition coefficient (Wildman–Crippen LogP) is 1.17. The summed E-state index contributed by atoms with van der Waals surface area (Å²) < 4.78 is 0. The lowest BCUT2D eigenvalue weighted by Crippen LogP contribution is -2.51. The van der Waals surface area contributed by atoms with Gasteiger partial charge in [-0.25, -0.2) is 0 Å². The third-order valence-corrected chi connectivity index (χ3v) is 3.62. The molecule has 1 N–H and O–H groups in total. The maximum absolute atomic E-state index is 9.07. The van der Waals surface area contributed by atoms with Crippen molar-refractivity contribution in [1.29, 1.82) is 0 Å². The van der Waals surface area contributed by atoms with Crippen LogP contribution < -0.4 is 0 Å². The van der Waals surface area contributed by atoms with Gasteiger partial charge in [0.05, 0.1) is 6.61 Å². The molecule has 1 rings (SSSR count). The summed E-state index contributed by atoms with van der Waals surface area (Å²) in [5.41, 5.74) is 0. The Bertz CT molecular complexity index is 173. The Labute approximate surface area is 94.1 Å². The minimum atomic E-state index is 0.282. The summed E-state index contributed by atoms with van der Waals surface area (Å²) in [5, 5.41) is 9.07. The molecule has 0 spiro atoms. The Morgan fingerprint density at radius 1 is 1.13 bits per heavy atom. The van der Waals surface area contributed by atoms with E-state index in [0.717, 1.165) is 13.1 Å². The highest BCUT2D eigenvalue weighted by Crippen LogP contribution is 2.25. The molecule has 1 fully saturated rings.